The first-order valence-electron chi connectivity index (χ1n) is 5.94. The van der Waals surface area contributed by atoms with Crippen molar-refractivity contribution in [2.24, 2.45) is 0 Å². The largest absolute Gasteiger partial charge is 0.288 e. The van der Waals surface area contributed by atoms with Crippen LogP contribution in [0.2, 0.25) is 0 Å². The highest BCUT2D eigenvalue weighted by Crippen LogP contribution is 2.11. The maximum absolute atomic E-state index is 13.4. The molecule has 2 aromatic carbocycles. The summed E-state index contributed by atoms with van der Waals surface area (Å²) < 4.78 is 13.4. The number of halogens is 1. The molecule has 1 amide bonds. The number of anilines is 1. The van der Waals surface area contributed by atoms with E-state index in [1.807, 2.05) is 30.3 Å². The number of nitrogens with one attached hydrogen (secondary N) is 1. The van der Waals surface area contributed by atoms with E-state index in [1.165, 1.54) is 6.07 Å². The van der Waals surface area contributed by atoms with Crippen LogP contribution < -0.4 is 10.4 Å². The van der Waals surface area contributed by atoms with Gasteiger partial charge in [-0.05, 0) is 36.8 Å². The zero-order chi connectivity index (χ0) is 13.8. The summed E-state index contributed by atoms with van der Waals surface area (Å²) in [5.74, 6) is -0.722. The molecule has 0 radical (unpaired) electrons. The number of hydrogen-bond donors (Lipinski definition) is 1. The van der Waals surface area contributed by atoms with E-state index < -0.39 is 0 Å². The molecule has 0 saturated heterocycles. The number of para-hydroxylation sites is 1. The molecule has 2 rings (SSSR count). The second-order valence-electron chi connectivity index (χ2n) is 4.30. The van der Waals surface area contributed by atoms with Crippen LogP contribution in [0.15, 0.2) is 48.5 Å². The van der Waals surface area contributed by atoms with Crippen LogP contribution in [0.4, 0.5) is 10.1 Å². The number of carbonyl (C=O) groups is 1. The molecule has 98 valence electrons. The third-order valence-corrected chi connectivity index (χ3v) is 2.85. The fourth-order valence-corrected chi connectivity index (χ4v) is 1.67. The summed E-state index contributed by atoms with van der Waals surface area (Å²) in [5.41, 5.74) is 4.36. The van der Waals surface area contributed by atoms with Gasteiger partial charge in [-0.25, -0.2) is 4.39 Å². The van der Waals surface area contributed by atoms with Crippen molar-refractivity contribution in [2.45, 2.75) is 6.92 Å². The third kappa shape index (κ3) is 3.10. The summed E-state index contributed by atoms with van der Waals surface area (Å²) in [4.78, 5) is 12.0. The van der Waals surface area contributed by atoms with Crippen LogP contribution in [0.1, 0.15) is 15.9 Å². The minimum absolute atomic E-state index is 0.297. The molecule has 0 bridgehead atoms. The monoisotopic (exact) mass is 258 g/mol. The molecule has 0 aromatic heterocycles. The number of benzene rings is 2. The van der Waals surface area contributed by atoms with Gasteiger partial charge in [-0.3, -0.25) is 15.2 Å². The van der Waals surface area contributed by atoms with Crippen molar-refractivity contribution in [2.75, 3.05) is 12.1 Å². The van der Waals surface area contributed by atoms with Crippen molar-refractivity contribution in [3.8, 4) is 0 Å². The van der Waals surface area contributed by atoms with Crippen LogP contribution in [0.25, 0.3) is 0 Å². The first-order valence-corrected chi connectivity index (χ1v) is 5.94. The summed E-state index contributed by atoms with van der Waals surface area (Å²) in [5, 5.41) is 1.60. The molecule has 0 fully saturated rings. The van der Waals surface area contributed by atoms with Gasteiger partial charge in [0.15, 0.2) is 0 Å². The third-order valence-electron chi connectivity index (χ3n) is 2.85. The predicted octanol–water partition coefficient (Wildman–Crippen LogP) is 2.92. The maximum Gasteiger partial charge on any atom is 0.269 e. The Bertz CT molecular complexity index is 584. The highest BCUT2D eigenvalue weighted by Gasteiger charge is 2.10. The zero-order valence-electron chi connectivity index (χ0n) is 10.9. The number of hydrogen-bond acceptors (Lipinski definition) is 2. The minimum Gasteiger partial charge on any atom is -0.288 e. The van der Waals surface area contributed by atoms with Gasteiger partial charge in [-0.2, -0.15) is 0 Å². The van der Waals surface area contributed by atoms with E-state index in [-0.39, 0.29) is 11.7 Å². The van der Waals surface area contributed by atoms with Crippen LogP contribution >= 0.6 is 0 Å². The van der Waals surface area contributed by atoms with Gasteiger partial charge in [-0.1, -0.05) is 24.3 Å². The van der Waals surface area contributed by atoms with Crippen LogP contribution in [-0.2, 0) is 0 Å². The van der Waals surface area contributed by atoms with E-state index in [2.05, 4.69) is 5.43 Å². The SMILES string of the molecule is Cc1ccc(C(=O)NN(C)c2ccccc2)cc1F. The van der Waals surface area contributed by atoms with Gasteiger partial charge in [0.1, 0.15) is 5.82 Å². The lowest BCUT2D eigenvalue weighted by Crippen LogP contribution is -2.39. The Morgan fingerprint density at radius 1 is 1.16 bits per heavy atom. The average molecular weight is 258 g/mol. The Morgan fingerprint density at radius 3 is 2.47 bits per heavy atom. The number of amides is 1. The average Bonchev–Trinajstić information content (AvgIpc) is 2.42. The van der Waals surface area contributed by atoms with Gasteiger partial charge in [0.05, 0.1) is 5.69 Å². The number of nitrogens with zero attached hydrogens (tertiary/aromatic N) is 1. The van der Waals surface area contributed by atoms with Gasteiger partial charge in [0, 0.05) is 12.6 Å². The lowest BCUT2D eigenvalue weighted by atomic mass is 10.1. The van der Waals surface area contributed by atoms with E-state index in [9.17, 15) is 9.18 Å². The summed E-state index contributed by atoms with van der Waals surface area (Å²) in [6, 6.07) is 13.8. The Hall–Kier alpha value is -2.36. The van der Waals surface area contributed by atoms with Crippen molar-refractivity contribution in [1.82, 2.24) is 5.43 Å². The number of hydrazine groups is 1. The lowest BCUT2D eigenvalue weighted by Gasteiger charge is -2.20. The van der Waals surface area contributed by atoms with E-state index in [1.54, 1.807) is 31.1 Å². The molecule has 4 heteroatoms. The van der Waals surface area contributed by atoms with Crippen molar-refractivity contribution in [3.63, 3.8) is 0 Å². The Morgan fingerprint density at radius 2 is 1.84 bits per heavy atom. The maximum atomic E-state index is 13.4. The van der Waals surface area contributed by atoms with Gasteiger partial charge in [-0.15, -0.1) is 0 Å². The van der Waals surface area contributed by atoms with Crippen molar-refractivity contribution >= 4 is 11.6 Å². The first-order chi connectivity index (χ1) is 9.08. The number of aryl methyl sites for hydroxylation is 1. The van der Waals surface area contributed by atoms with Crippen LogP contribution in [0, 0.1) is 12.7 Å². The van der Waals surface area contributed by atoms with E-state index in [0.717, 1.165) is 5.69 Å². The molecule has 1 N–H and O–H groups in total. The molecule has 3 nitrogen and oxygen atoms in total. The van der Waals surface area contributed by atoms with Crippen LogP contribution in [0.3, 0.4) is 0 Å². The molecule has 0 spiro atoms. The molecular weight excluding hydrogens is 243 g/mol. The Balaban J connectivity index is 2.11. The normalized spacial score (nSPS) is 10.1. The summed E-state index contributed by atoms with van der Waals surface area (Å²) >= 11 is 0. The second-order valence-corrected chi connectivity index (χ2v) is 4.30. The van der Waals surface area contributed by atoms with Crippen molar-refractivity contribution in [1.29, 1.82) is 0 Å². The molecule has 2 aromatic rings. The topological polar surface area (TPSA) is 32.3 Å². The van der Waals surface area contributed by atoms with Crippen molar-refractivity contribution in [3.05, 3.63) is 65.5 Å². The predicted molar refractivity (Wildman–Crippen MR) is 73.4 cm³/mol. The first kappa shape index (κ1) is 13.1. The molecular formula is C15H15FN2O. The molecule has 0 aliphatic rings. The quantitative estimate of drug-likeness (QED) is 0.858. The molecule has 0 heterocycles. The lowest BCUT2D eigenvalue weighted by molar-refractivity contribution is 0.0951. The summed E-state index contributed by atoms with van der Waals surface area (Å²) in [7, 11) is 1.73. The van der Waals surface area contributed by atoms with Gasteiger partial charge >= 0.3 is 0 Å². The van der Waals surface area contributed by atoms with Gasteiger partial charge in [0.25, 0.3) is 5.91 Å². The van der Waals surface area contributed by atoms with Crippen molar-refractivity contribution < 1.29 is 9.18 Å². The zero-order valence-corrected chi connectivity index (χ0v) is 10.9. The Labute approximate surface area is 111 Å². The fourth-order valence-electron chi connectivity index (χ4n) is 1.67. The minimum atomic E-state index is -0.380. The van der Waals surface area contributed by atoms with Crippen LogP contribution in [0.5, 0.6) is 0 Å². The number of rotatable bonds is 3. The molecule has 0 aliphatic carbocycles. The number of carbonyl (C=O) groups excluding carboxylic acids is 1. The van der Waals surface area contributed by atoms with Crippen LogP contribution in [-0.4, -0.2) is 13.0 Å². The standard InChI is InChI=1S/C15H15FN2O/c1-11-8-9-12(10-14(11)16)15(19)17-18(2)13-6-4-3-5-7-13/h3-10H,1-2H3,(H,17,19). The summed E-state index contributed by atoms with van der Waals surface area (Å²) in [6.07, 6.45) is 0. The highest BCUT2D eigenvalue weighted by molar-refractivity contribution is 5.95. The molecule has 0 saturated carbocycles. The molecule has 0 aliphatic heterocycles. The van der Waals surface area contributed by atoms with Gasteiger partial charge < -0.3 is 0 Å². The summed E-state index contributed by atoms with van der Waals surface area (Å²) in [6.45, 7) is 1.66. The smallest absolute Gasteiger partial charge is 0.269 e. The molecule has 19 heavy (non-hydrogen) atoms. The van der Waals surface area contributed by atoms with E-state index >= 15 is 0 Å². The molecule has 0 unspecified atom stereocenters. The molecule has 0 atom stereocenters. The second kappa shape index (κ2) is 5.52. The fraction of sp³-hybridized carbons (Fsp3) is 0.133. The Kier molecular flexibility index (Phi) is 3.80. The van der Waals surface area contributed by atoms with Gasteiger partial charge in [0.2, 0.25) is 0 Å². The van der Waals surface area contributed by atoms with E-state index in [0.29, 0.717) is 11.1 Å². The van der Waals surface area contributed by atoms with E-state index in [4.69, 9.17) is 0 Å². The highest BCUT2D eigenvalue weighted by atomic mass is 19.1.